The largest absolute Gasteiger partial charge is 0.478 e. The molecule has 0 unspecified atom stereocenters. The van der Waals surface area contributed by atoms with Crippen LogP contribution in [0.4, 0.5) is 5.69 Å². The van der Waals surface area contributed by atoms with Crippen LogP contribution in [0.15, 0.2) is 41.3 Å². The van der Waals surface area contributed by atoms with Crippen LogP contribution in [0.3, 0.4) is 0 Å². The van der Waals surface area contributed by atoms with Crippen LogP contribution < -0.4 is 4.72 Å². The number of aromatic carboxylic acids is 1. The molecule has 2 aromatic carbocycles. The van der Waals surface area contributed by atoms with E-state index in [9.17, 15) is 13.2 Å². The zero-order chi connectivity index (χ0) is 16.5. The van der Waals surface area contributed by atoms with Gasteiger partial charge in [-0.15, -0.1) is 0 Å². The summed E-state index contributed by atoms with van der Waals surface area (Å²) in [5, 5.41) is 9.02. The third kappa shape index (κ3) is 3.28. The summed E-state index contributed by atoms with van der Waals surface area (Å²) in [5.74, 6) is -1.16. The maximum Gasteiger partial charge on any atom is 0.335 e. The fourth-order valence-corrected chi connectivity index (χ4v) is 3.55. The van der Waals surface area contributed by atoms with E-state index >= 15 is 0 Å². The molecular weight excluding hydrogens is 302 g/mol. The number of carboxylic acid groups (broad SMARTS) is 1. The fourth-order valence-electron chi connectivity index (χ4n) is 2.15. The minimum absolute atomic E-state index is 0.0348. The molecule has 6 heteroatoms. The first-order valence-electron chi connectivity index (χ1n) is 6.65. The third-order valence-corrected chi connectivity index (χ3v) is 4.86. The summed E-state index contributed by atoms with van der Waals surface area (Å²) in [6.45, 7) is 5.36. The van der Waals surface area contributed by atoms with Gasteiger partial charge in [-0.2, -0.15) is 0 Å². The van der Waals surface area contributed by atoms with E-state index in [0.717, 1.165) is 11.1 Å². The standard InChI is InChI=1S/C16H17NO4S/c1-10-4-7-14(12(3)8-10)17-22(20,21)15-9-13(16(18)19)6-5-11(15)2/h4-9,17H,1-3H3,(H,18,19). The summed E-state index contributed by atoms with van der Waals surface area (Å²) < 4.78 is 27.6. The van der Waals surface area contributed by atoms with E-state index in [1.54, 1.807) is 13.0 Å². The molecule has 5 nitrogen and oxygen atoms in total. The van der Waals surface area contributed by atoms with Crippen molar-refractivity contribution >= 4 is 21.7 Å². The number of sulfonamides is 1. The van der Waals surface area contributed by atoms with Gasteiger partial charge in [0, 0.05) is 0 Å². The Labute approximate surface area is 129 Å². The number of anilines is 1. The first kappa shape index (κ1) is 16.0. The van der Waals surface area contributed by atoms with Crippen LogP contribution in [0.2, 0.25) is 0 Å². The molecule has 0 heterocycles. The lowest BCUT2D eigenvalue weighted by Gasteiger charge is -2.13. The molecule has 0 fully saturated rings. The van der Waals surface area contributed by atoms with Crippen LogP contribution in [-0.4, -0.2) is 19.5 Å². The van der Waals surface area contributed by atoms with Crippen molar-refractivity contribution in [3.05, 3.63) is 58.7 Å². The molecule has 0 aromatic heterocycles. The molecule has 0 aliphatic carbocycles. The van der Waals surface area contributed by atoms with E-state index in [4.69, 9.17) is 5.11 Å². The maximum atomic E-state index is 12.5. The Balaban J connectivity index is 2.46. The lowest BCUT2D eigenvalue weighted by atomic mass is 10.1. The molecule has 22 heavy (non-hydrogen) atoms. The zero-order valence-electron chi connectivity index (χ0n) is 12.5. The van der Waals surface area contributed by atoms with Crippen LogP contribution in [-0.2, 0) is 10.0 Å². The van der Waals surface area contributed by atoms with Crippen molar-refractivity contribution in [3.63, 3.8) is 0 Å². The lowest BCUT2D eigenvalue weighted by Crippen LogP contribution is -2.16. The predicted molar refractivity (Wildman–Crippen MR) is 84.9 cm³/mol. The van der Waals surface area contributed by atoms with Crippen molar-refractivity contribution < 1.29 is 18.3 Å². The van der Waals surface area contributed by atoms with Crippen LogP contribution in [0.25, 0.3) is 0 Å². The Morgan fingerprint density at radius 3 is 2.27 bits per heavy atom. The van der Waals surface area contributed by atoms with Gasteiger partial charge in [-0.1, -0.05) is 23.8 Å². The smallest absolute Gasteiger partial charge is 0.335 e. The highest BCUT2D eigenvalue weighted by molar-refractivity contribution is 7.92. The van der Waals surface area contributed by atoms with Gasteiger partial charge in [0.25, 0.3) is 10.0 Å². The molecule has 0 saturated carbocycles. The van der Waals surface area contributed by atoms with Gasteiger partial charge in [-0.3, -0.25) is 4.72 Å². The van der Waals surface area contributed by atoms with Gasteiger partial charge < -0.3 is 5.11 Å². The Morgan fingerprint density at radius 2 is 1.68 bits per heavy atom. The van der Waals surface area contributed by atoms with Gasteiger partial charge in [0.15, 0.2) is 0 Å². The molecule has 0 aliphatic heterocycles. The van der Waals surface area contributed by atoms with Crippen LogP contribution in [0, 0.1) is 20.8 Å². The normalized spacial score (nSPS) is 11.2. The second-order valence-corrected chi connectivity index (χ2v) is 6.86. The first-order valence-corrected chi connectivity index (χ1v) is 8.13. The maximum absolute atomic E-state index is 12.5. The topological polar surface area (TPSA) is 83.5 Å². The van der Waals surface area contributed by atoms with E-state index < -0.39 is 16.0 Å². The van der Waals surface area contributed by atoms with Crippen molar-refractivity contribution in [3.8, 4) is 0 Å². The van der Waals surface area contributed by atoms with E-state index in [1.165, 1.54) is 18.2 Å². The van der Waals surface area contributed by atoms with Gasteiger partial charge in [-0.05, 0) is 50.1 Å². The van der Waals surface area contributed by atoms with Crippen molar-refractivity contribution in [1.82, 2.24) is 0 Å². The molecule has 0 spiro atoms. The molecule has 0 atom stereocenters. The van der Waals surface area contributed by atoms with E-state index in [2.05, 4.69) is 4.72 Å². The molecule has 0 aliphatic rings. The lowest BCUT2D eigenvalue weighted by molar-refractivity contribution is 0.0696. The summed E-state index contributed by atoms with van der Waals surface area (Å²) in [7, 11) is -3.85. The third-order valence-electron chi connectivity index (χ3n) is 3.35. The molecule has 2 aromatic rings. The quantitative estimate of drug-likeness (QED) is 0.907. The van der Waals surface area contributed by atoms with Gasteiger partial charge in [0.1, 0.15) is 0 Å². The number of aryl methyl sites for hydroxylation is 3. The van der Waals surface area contributed by atoms with Crippen molar-refractivity contribution in [2.45, 2.75) is 25.7 Å². The number of hydrogen-bond acceptors (Lipinski definition) is 3. The number of carboxylic acids is 1. The SMILES string of the molecule is Cc1ccc(NS(=O)(=O)c2cc(C(=O)O)ccc2C)c(C)c1. The second kappa shape index (κ2) is 5.81. The van der Waals surface area contributed by atoms with E-state index in [1.807, 2.05) is 26.0 Å². The number of carbonyl (C=O) groups is 1. The second-order valence-electron chi connectivity index (χ2n) is 5.21. The zero-order valence-corrected chi connectivity index (χ0v) is 13.4. The molecule has 0 bridgehead atoms. The summed E-state index contributed by atoms with van der Waals surface area (Å²) in [5.41, 5.74) is 2.74. The molecular formula is C16H17NO4S. The minimum Gasteiger partial charge on any atom is -0.478 e. The highest BCUT2D eigenvalue weighted by atomic mass is 32.2. The molecule has 2 N–H and O–H groups in total. The highest BCUT2D eigenvalue weighted by Gasteiger charge is 2.19. The first-order chi connectivity index (χ1) is 10.2. The summed E-state index contributed by atoms with van der Waals surface area (Å²) in [6.07, 6.45) is 0. The minimum atomic E-state index is -3.85. The molecule has 2 rings (SSSR count). The number of hydrogen-bond donors (Lipinski definition) is 2. The predicted octanol–water partition coefficient (Wildman–Crippen LogP) is 3.11. The highest BCUT2D eigenvalue weighted by Crippen LogP contribution is 2.23. The average molecular weight is 319 g/mol. The van der Waals surface area contributed by atoms with Gasteiger partial charge in [0.05, 0.1) is 16.1 Å². The average Bonchev–Trinajstić information content (AvgIpc) is 2.42. The summed E-state index contributed by atoms with van der Waals surface area (Å²) >= 11 is 0. The van der Waals surface area contributed by atoms with Crippen molar-refractivity contribution in [1.29, 1.82) is 0 Å². The van der Waals surface area contributed by atoms with Crippen molar-refractivity contribution in [2.24, 2.45) is 0 Å². The van der Waals surface area contributed by atoms with Gasteiger partial charge in [0.2, 0.25) is 0 Å². The fraction of sp³-hybridized carbons (Fsp3) is 0.188. The monoisotopic (exact) mass is 319 g/mol. The van der Waals surface area contributed by atoms with Crippen LogP contribution in [0.1, 0.15) is 27.0 Å². The Kier molecular flexibility index (Phi) is 4.23. The van der Waals surface area contributed by atoms with Crippen molar-refractivity contribution in [2.75, 3.05) is 4.72 Å². The molecule has 116 valence electrons. The van der Waals surface area contributed by atoms with Gasteiger partial charge in [-0.25, -0.2) is 13.2 Å². The Bertz CT molecular complexity index is 841. The Morgan fingerprint density at radius 1 is 1.00 bits per heavy atom. The number of benzene rings is 2. The van der Waals surface area contributed by atoms with Gasteiger partial charge >= 0.3 is 5.97 Å². The Hall–Kier alpha value is -2.34. The number of rotatable bonds is 4. The summed E-state index contributed by atoms with van der Waals surface area (Å²) in [4.78, 5) is 11.0. The molecule has 0 saturated heterocycles. The molecule has 0 amide bonds. The number of nitrogens with one attached hydrogen (secondary N) is 1. The van der Waals surface area contributed by atoms with E-state index in [0.29, 0.717) is 11.3 Å². The summed E-state index contributed by atoms with van der Waals surface area (Å²) in [6, 6.07) is 9.42. The van der Waals surface area contributed by atoms with Crippen LogP contribution in [0.5, 0.6) is 0 Å². The van der Waals surface area contributed by atoms with Crippen LogP contribution >= 0.6 is 0 Å². The van der Waals surface area contributed by atoms with E-state index in [-0.39, 0.29) is 10.5 Å². The molecule has 0 radical (unpaired) electrons.